The molecule has 2 heterocycles. The van der Waals surface area contributed by atoms with Gasteiger partial charge < -0.3 is 4.90 Å². The molecule has 0 saturated heterocycles. The Morgan fingerprint density at radius 3 is 2.62 bits per heavy atom. The smallest absolute Gasteiger partial charge is 0.225 e. The molecule has 1 aromatic rings. The molecule has 21 heavy (non-hydrogen) atoms. The van der Waals surface area contributed by atoms with Crippen molar-refractivity contribution in [2.75, 3.05) is 13.1 Å². The normalized spacial score (nSPS) is 18.1. The predicted octanol–water partition coefficient (Wildman–Crippen LogP) is 2.05. The summed E-state index contributed by atoms with van der Waals surface area (Å²) in [5.74, 6) is 1.36. The third-order valence-electron chi connectivity index (χ3n) is 4.24. The lowest BCUT2D eigenvalue weighted by molar-refractivity contribution is -0.136. The van der Waals surface area contributed by atoms with Crippen LogP contribution in [0, 0.1) is 5.92 Å². The van der Waals surface area contributed by atoms with Crippen molar-refractivity contribution < 1.29 is 4.79 Å². The summed E-state index contributed by atoms with van der Waals surface area (Å²) < 4.78 is 1.84. The number of aromatic nitrogens is 4. The first-order chi connectivity index (χ1) is 10.3. The molecule has 0 bridgehead atoms. The lowest BCUT2D eigenvalue weighted by Gasteiger charge is -2.26. The second-order valence-corrected chi connectivity index (χ2v) is 5.87. The van der Waals surface area contributed by atoms with Crippen molar-refractivity contribution in [2.24, 2.45) is 5.92 Å². The SMILES string of the molecule is CCCCN(CCCC)C(=O)C1CCc2nnnn2CC1. The monoisotopic (exact) mass is 293 g/mol. The highest BCUT2D eigenvalue weighted by Gasteiger charge is 2.27. The maximum absolute atomic E-state index is 12.8. The molecule has 6 nitrogen and oxygen atoms in total. The molecule has 6 heteroatoms. The van der Waals surface area contributed by atoms with E-state index in [0.29, 0.717) is 5.91 Å². The molecule has 1 aliphatic heterocycles. The summed E-state index contributed by atoms with van der Waals surface area (Å²) in [4.78, 5) is 14.9. The van der Waals surface area contributed by atoms with Crippen LogP contribution in [0.15, 0.2) is 0 Å². The molecular formula is C15H27N5O. The number of aryl methyl sites for hydroxylation is 2. The lowest BCUT2D eigenvalue weighted by atomic mass is 9.98. The lowest BCUT2D eigenvalue weighted by Crippen LogP contribution is -2.38. The van der Waals surface area contributed by atoms with E-state index >= 15 is 0 Å². The Kier molecular flexibility index (Phi) is 6.14. The van der Waals surface area contributed by atoms with E-state index in [0.717, 1.165) is 70.4 Å². The van der Waals surface area contributed by atoms with Crippen molar-refractivity contribution >= 4 is 5.91 Å². The first-order valence-corrected chi connectivity index (χ1v) is 8.30. The zero-order valence-electron chi connectivity index (χ0n) is 13.3. The highest BCUT2D eigenvalue weighted by Crippen LogP contribution is 2.21. The maximum atomic E-state index is 12.8. The van der Waals surface area contributed by atoms with Crippen LogP contribution in [0.3, 0.4) is 0 Å². The van der Waals surface area contributed by atoms with Crippen LogP contribution in [-0.2, 0) is 17.8 Å². The van der Waals surface area contributed by atoms with Gasteiger partial charge in [-0.25, -0.2) is 4.68 Å². The van der Waals surface area contributed by atoms with Crippen LogP contribution in [0.4, 0.5) is 0 Å². The van der Waals surface area contributed by atoms with Gasteiger partial charge >= 0.3 is 0 Å². The van der Waals surface area contributed by atoms with Crippen LogP contribution in [0.1, 0.15) is 58.2 Å². The number of amides is 1. The molecule has 0 aliphatic carbocycles. The van der Waals surface area contributed by atoms with E-state index in [1.165, 1.54) is 0 Å². The fourth-order valence-corrected chi connectivity index (χ4v) is 2.84. The van der Waals surface area contributed by atoms with E-state index in [2.05, 4.69) is 34.3 Å². The predicted molar refractivity (Wildman–Crippen MR) is 80.6 cm³/mol. The Hall–Kier alpha value is -1.46. The molecule has 2 rings (SSSR count). The van der Waals surface area contributed by atoms with E-state index in [1.54, 1.807) is 0 Å². The topological polar surface area (TPSA) is 63.9 Å². The Bertz CT molecular complexity index is 415. The van der Waals surface area contributed by atoms with Crippen LogP contribution in [-0.4, -0.2) is 44.1 Å². The minimum absolute atomic E-state index is 0.113. The third-order valence-corrected chi connectivity index (χ3v) is 4.24. The standard InChI is InChI=1S/C15H27N5O/c1-3-5-10-19(11-6-4-2)15(21)13-7-8-14-16-17-18-20(14)12-9-13/h13H,3-12H2,1-2H3. The molecule has 0 radical (unpaired) electrons. The van der Waals surface area contributed by atoms with E-state index in [9.17, 15) is 4.79 Å². The van der Waals surface area contributed by atoms with Crippen molar-refractivity contribution in [2.45, 2.75) is 65.3 Å². The van der Waals surface area contributed by atoms with Gasteiger partial charge in [-0.05, 0) is 36.1 Å². The molecule has 0 saturated carbocycles. The van der Waals surface area contributed by atoms with Gasteiger partial charge in [-0.2, -0.15) is 0 Å². The number of hydrogen-bond donors (Lipinski definition) is 0. The van der Waals surface area contributed by atoms with Crippen molar-refractivity contribution in [3.05, 3.63) is 5.82 Å². The van der Waals surface area contributed by atoms with Crippen LogP contribution in [0.5, 0.6) is 0 Å². The molecule has 1 aliphatic rings. The van der Waals surface area contributed by atoms with Gasteiger partial charge in [0.05, 0.1) is 0 Å². The molecule has 1 aromatic heterocycles. The molecule has 0 aromatic carbocycles. The fourth-order valence-electron chi connectivity index (χ4n) is 2.84. The Morgan fingerprint density at radius 1 is 1.24 bits per heavy atom. The summed E-state index contributed by atoms with van der Waals surface area (Å²) in [6.45, 7) is 6.90. The summed E-state index contributed by atoms with van der Waals surface area (Å²) in [7, 11) is 0. The van der Waals surface area contributed by atoms with E-state index in [-0.39, 0.29) is 5.92 Å². The molecule has 0 N–H and O–H groups in total. The average Bonchev–Trinajstić information content (AvgIpc) is 2.85. The van der Waals surface area contributed by atoms with Gasteiger partial charge in [0.25, 0.3) is 0 Å². The number of unbranched alkanes of at least 4 members (excludes halogenated alkanes) is 2. The van der Waals surface area contributed by atoms with E-state index < -0.39 is 0 Å². The number of fused-ring (bicyclic) bond motifs is 1. The minimum atomic E-state index is 0.113. The molecule has 1 atom stereocenters. The second-order valence-electron chi connectivity index (χ2n) is 5.87. The highest BCUT2D eigenvalue weighted by atomic mass is 16.2. The van der Waals surface area contributed by atoms with Crippen molar-refractivity contribution in [1.29, 1.82) is 0 Å². The van der Waals surface area contributed by atoms with Crippen LogP contribution in [0.25, 0.3) is 0 Å². The van der Waals surface area contributed by atoms with E-state index in [4.69, 9.17) is 0 Å². The quantitative estimate of drug-likeness (QED) is 0.772. The van der Waals surface area contributed by atoms with Gasteiger partial charge in [0.15, 0.2) is 5.82 Å². The molecule has 1 amide bonds. The summed E-state index contributed by atoms with van der Waals surface area (Å²) >= 11 is 0. The summed E-state index contributed by atoms with van der Waals surface area (Å²) in [5, 5.41) is 11.7. The Labute approximate surface area is 126 Å². The minimum Gasteiger partial charge on any atom is -0.342 e. The molecule has 1 unspecified atom stereocenters. The largest absolute Gasteiger partial charge is 0.342 e. The molecule has 0 spiro atoms. The summed E-state index contributed by atoms with van der Waals surface area (Å²) in [5.41, 5.74) is 0. The van der Waals surface area contributed by atoms with Gasteiger partial charge in [-0.3, -0.25) is 4.79 Å². The fraction of sp³-hybridized carbons (Fsp3) is 0.867. The Balaban J connectivity index is 1.94. The summed E-state index contributed by atoms with van der Waals surface area (Å²) in [6, 6.07) is 0. The van der Waals surface area contributed by atoms with Crippen molar-refractivity contribution in [3.63, 3.8) is 0 Å². The highest BCUT2D eigenvalue weighted by molar-refractivity contribution is 5.78. The van der Waals surface area contributed by atoms with Crippen LogP contribution in [0.2, 0.25) is 0 Å². The van der Waals surface area contributed by atoms with E-state index in [1.807, 2.05) is 4.68 Å². The van der Waals surface area contributed by atoms with Crippen molar-refractivity contribution in [3.8, 4) is 0 Å². The van der Waals surface area contributed by atoms with Gasteiger partial charge in [0.1, 0.15) is 0 Å². The first kappa shape index (κ1) is 15.9. The number of nitrogens with zero attached hydrogens (tertiary/aromatic N) is 5. The summed E-state index contributed by atoms with van der Waals surface area (Å²) in [6.07, 6.45) is 6.97. The Morgan fingerprint density at radius 2 is 1.95 bits per heavy atom. The number of carbonyl (C=O) groups excluding carboxylic acids is 1. The molecule has 0 fully saturated rings. The maximum Gasteiger partial charge on any atom is 0.225 e. The molecule has 118 valence electrons. The zero-order valence-corrected chi connectivity index (χ0v) is 13.3. The number of carbonyl (C=O) groups is 1. The third kappa shape index (κ3) is 4.25. The number of hydrogen-bond acceptors (Lipinski definition) is 4. The van der Waals surface area contributed by atoms with Crippen molar-refractivity contribution in [1.82, 2.24) is 25.1 Å². The second kappa shape index (κ2) is 8.10. The average molecular weight is 293 g/mol. The molecular weight excluding hydrogens is 266 g/mol. The number of tetrazole rings is 1. The number of rotatable bonds is 7. The van der Waals surface area contributed by atoms with Gasteiger partial charge in [-0.1, -0.05) is 26.7 Å². The first-order valence-electron chi connectivity index (χ1n) is 8.30. The van der Waals surface area contributed by atoms with Gasteiger partial charge in [0, 0.05) is 32.0 Å². The van der Waals surface area contributed by atoms with Crippen LogP contribution >= 0.6 is 0 Å². The van der Waals surface area contributed by atoms with Gasteiger partial charge in [0.2, 0.25) is 5.91 Å². The van der Waals surface area contributed by atoms with Crippen LogP contribution < -0.4 is 0 Å². The van der Waals surface area contributed by atoms with Gasteiger partial charge in [-0.15, -0.1) is 5.10 Å². The zero-order chi connectivity index (χ0) is 15.1.